The van der Waals surface area contributed by atoms with E-state index >= 15 is 0 Å². The topological polar surface area (TPSA) is 37.8 Å². The number of aromatic nitrogens is 2. The van der Waals surface area contributed by atoms with Gasteiger partial charge in [-0.2, -0.15) is 0 Å². The summed E-state index contributed by atoms with van der Waals surface area (Å²) >= 11 is 3.44. The predicted octanol–water partition coefficient (Wildman–Crippen LogP) is 3.79. The summed E-state index contributed by atoms with van der Waals surface area (Å²) in [5.41, 5.74) is 0. The van der Waals surface area contributed by atoms with Gasteiger partial charge in [0.15, 0.2) is 0 Å². The van der Waals surface area contributed by atoms with Crippen LogP contribution in [-0.4, -0.2) is 16.0 Å². The molecule has 0 aliphatic heterocycles. The molecule has 1 aliphatic carbocycles. The Bertz CT molecular complexity index is 381. The average Bonchev–Trinajstić information content (AvgIpc) is 2.28. The van der Waals surface area contributed by atoms with Gasteiger partial charge in [-0.05, 0) is 34.7 Å². The highest BCUT2D eigenvalue weighted by Crippen LogP contribution is 2.26. The molecule has 94 valence electrons. The van der Waals surface area contributed by atoms with Crippen LogP contribution in [0.25, 0.3) is 0 Å². The minimum absolute atomic E-state index is 0.574. The van der Waals surface area contributed by atoms with E-state index in [4.69, 9.17) is 0 Å². The van der Waals surface area contributed by atoms with E-state index in [9.17, 15) is 0 Å². The van der Waals surface area contributed by atoms with E-state index in [1.54, 1.807) is 0 Å². The summed E-state index contributed by atoms with van der Waals surface area (Å²) in [6, 6.07) is 2.54. The molecule has 1 N–H and O–H groups in total. The molecule has 1 fully saturated rings. The van der Waals surface area contributed by atoms with Crippen LogP contribution in [0.15, 0.2) is 10.7 Å². The van der Waals surface area contributed by atoms with Crippen LogP contribution < -0.4 is 5.32 Å². The highest BCUT2D eigenvalue weighted by atomic mass is 79.9. The van der Waals surface area contributed by atoms with E-state index in [1.165, 1.54) is 25.7 Å². The van der Waals surface area contributed by atoms with Crippen molar-refractivity contribution in [1.82, 2.24) is 9.97 Å². The van der Waals surface area contributed by atoms with Gasteiger partial charge in [0.25, 0.3) is 0 Å². The van der Waals surface area contributed by atoms with Crippen LogP contribution in [0.3, 0.4) is 0 Å². The van der Waals surface area contributed by atoms with Crippen LogP contribution in [-0.2, 0) is 6.42 Å². The summed E-state index contributed by atoms with van der Waals surface area (Å²) < 4.78 is 0.871. The molecule has 1 heterocycles. The number of aryl methyl sites for hydroxylation is 1. The highest BCUT2D eigenvalue weighted by molar-refractivity contribution is 9.10. The smallest absolute Gasteiger partial charge is 0.131 e. The van der Waals surface area contributed by atoms with Gasteiger partial charge >= 0.3 is 0 Å². The minimum Gasteiger partial charge on any atom is -0.367 e. The van der Waals surface area contributed by atoms with Crippen molar-refractivity contribution in [2.24, 2.45) is 5.92 Å². The zero-order chi connectivity index (χ0) is 12.3. The van der Waals surface area contributed by atoms with E-state index in [0.29, 0.717) is 6.04 Å². The number of hydrogen-bond donors (Lipinski definition) is 1. The van der Waals surface area contributed by atoms with Gasteiger partial charge in [-0.25, -0.2) is 9.97 Å². The van der Waals surface area contributed by atoms with Crippen molar-refractivity contribution in [3.63, 3.8) is 0 Å². The van der Waals surface area contributed by atoms with Crippen molar-refractivity contribution in [3.05, 3.63) is 16.5 Å². The van der Waals surface area contributed by atoms with Gasteiger partial charge in [0.2, 0.25) is 0 Å². The van der Waals surface area contributed by atoms with Crippen molar-refractivity contribution in [2.75, 3.05) is 5.32 Å². The lowest BCUT2D eigenvalue weighted by molar-refractivity contribution is 0.358. The fourth-order valence-corrected chi connectivity index (χ4v) is 2.89. The number of hydrogen-bond acceptors (Lipinski definition) is 3. The second-order valence-electron chi connectivity index (χ2n) is 4.96. The molecular weight excluding hydrogens is 278 g/mol. The normalized spacial score (nSPS) is 24.6. The van der Waals surface area contributed by atoms with E-state index < -0.39 is 0 Å². The number of nitrogens with zero attached hydrogens (tertiary/aromatic N) is 2. The first-order valence-corrected chi connectivity index (χ1v) is 7.26. The third kappa shape index (κ3) is 3.66. The van der Waals surface area contributed by atoms with Gasteiger partial charge in [0, 0.05) is 18.5 Å². The molecule has 0 aromatic carbocycles. The third-order valence-corrected chi connectivity index (χ3v) is 3.75. The van der Waals surface area contributed by atoms with Crippen LogP contribution >= 0.6 is 15.9 Å². The van der Waals surface area contributed by atoms with Gasteiger partial charge in [-0.15, -0.1) is 0 Å². The maximum Gasteiger partial charge on any atom is 0.131 e. The van der Waals surface area contributed by atoms with Crippen LogP contribution in [0.4, 0.5) is 5.82 Å². The lowest BCUT2D eigenvalue weighted by Crippen LogP contribution is -2.26. The molecule has 0 spiro atoms. The molecule has 4 heteroatoms. The first kappa shape index (κ1) is 12.8. The highest BCUT2D eigenvalue weighted by Gasteiger charge is 2.19. The Balaban J connectivity index is 2.04. The fourth-order valence-electron chi connectivity index (χ4n) is 2.47. The zero-order valence-corrected chi connectivity index (χ0v) is 12.1. The fraction of sp³-hybridized carbons (Fsp3) is 0.692. The summed E-state index contributed by atoms with van der Waals surface area (Å²) in [5.74, 6) is 2.69. The van der Waals surface area contributed by atoms with E-state index in [2.05, 4.69) is 45.1 Å². The molecule has 2 rings (SSSR count). The Labute approximate surface area is 112 Å². The first-order valence-electron chi connectivity index (χ1n) is 6.47. The number of rotatable bonds is 3. The summed E-state index contributed by atoms with van der Waals surface area (Å²) in [7, 11) is 0. The van der Waals surface area contributed by atoms with Crippen molar-refractivity contribution in [3.8, 4) is 0 Å². The molecule has 0 saturated heterocycles. The lowest BCUT2D eigenvalue weighted by Gasteiger charge is -2.27. The van der Waals surface area contributed by atoms with Crippen molar-refractivity contribution < 1.29 is 0 Å². The summed E-state index contributed by atoms with van der Waals surface area (Å²) in [6.07, 6.45) is 6.07. The maximum atomic E-state index is 4.52. The molecule has 3 nitrogen and oxygen atoms in total. The maximum absolute atomic E-state index is 4.52. The summed E-state index contributed by atoms with van der Waals surface area (Å²) in [5, 5.41) is 3.55. The Morgan fingerprint density at radius 3 is 2.94 bits per heavy atom. The number of anilines is 1. The predicted molar refractivity (Wildman–Crippen MR) is 74.2 cm³/mol. The second-order valence-corrected chi connectivity index (χ2v) is 5.77. The Morgan fingerprint density at radius 1 is 1.41 bits per heavy atom. The summed E-state index contributed by atoms with van der Waals surface area (Å²) in [6.45, 7) is 4.41. The molecule has 1 aliphatic rings. The van der Waals surface area contributed by atoms with E-state index in [0.717, 1.165) is 28.6 Å². The lowest BCUT2D eigenvalue weighted by atomic mass is 9.87. The molecular formula is C13H20BrN3. The number of halogens is 1. The Kier molecular flexibility index (Phi) is 4.37. The van der Waals surface area contributed by atoms with Crippen LogP contribution in [0.2, 0.25) is 0 Å². The quantitative estimate of drug-likeness (QED) is 0.863. The Hall–Kier alpha value is -0.640. The molecule has 0 radical (unpaired) electrons. The number of nitrogens with one attached hydrogen (secondary N) is 1. The molecule has 0 amide bonds. The molecule has 2 atom stereocenters. The third-order valence-electron chi connectivity index (χ3n) is 3.35. The van der Waals surface area contributed by atoms with Gasteiger partial charge < -0.3 is 5.32 Å². The molecule has 1 aromatic heterocycles. The summed E-state index contributed by atoms with van der Waals surface area (Å²) in [4.78, 5) is 8.84. The molecule has 1 saturated carbocycles. The second kappa shape index (κ2) is 5.80. The molecule has 1 aromatic rings. The zero-order valence-electron chi connectivity index (χ0n) is 10.5. The van der Waals surface area contributed by atoms with Gasteiger partial charge in [-0.1, -0.05) is 26.7 Å². The van der Waals surface area contributed by atoms with Crippen molar-refractivity contribution in [2.45, 2.75) is 52.0 Å². The SMILES string of the molecule is CCc1nc(Br)cc(NC2CCCC(C)C2)n1. The monoisotopic (exact) mass is 297 g/mol. The van der Waals surface area contributed by atoms with Crippen LogP contribution in [0.5, 0.6) is 0 Å². The van der Waals surface area contributed by atoms with Crippen LogP contribution in [0, 0.1) is 5.92 Å². The average molecular weight is 298 g/mol. The van der Waals surface area contributed by atoms with Crippen LogP contribution in [0.1, 0.15) is 45.4 Å². The van der Waals surface area contributed by atoms with E-state index in [-0.39, 0.29) is 0 Å². The van der Waals surface area contributed by atoms with Gasteiger partial charge in [0.1, 0.15) is 16.2 Å². The first-order chi connectivity index (χ1) is 8.17. The van der Waals surface area contributed by atoms with E-state index in [1.807, 2.05) is 6.07 Å². The van der Waals surface area contributed by atoms with Crippen molar-refractivity contribution in [1.29, 1.82) is 0 Å². The van der Waals surface area contributed by atoms with Crippen molar-refractivity contribution >= 4 is 21.7 Å². The standard InChI is InChI=1S/C13H20BrN3/c1-3-12-16-11(14)8-13(17-12)15-10-6-4-5-9(2)7-10/h8-10H,3-7H2,1-2H3,(H,15,16,17). The molecule has 2 unspecified atom stereocenters. The Morgan fingerprint density at radius 2 is 2.24 bits per heavy atom. The van der Waals surface area contributed by atoms with Gasteiger partial charge in [0.05, 0.1) is 0 Å². The van der Waals surface area contributed by atoms with Gasteiger partial charge in [-0.3, -0.25) is 0 Å². The molecule has 17 heavy (non-hydrogen) atoms. The largest absolute Gasteiger partial charge is 0.367 e. The minimum atomic E-state index is 0.574. The molecule has 0 bridgehead atoms.